The van der Waals surface area contributed by atoms with Crippen molar-refractivity contribution >= 4 is 46.9 Å². The lowest BCUT2D eigenvalue weighted by Gasteiger charge is -2.09. The van der Waals surface area contributed by atoms with Crippen LogP contribution in [0.15, 0.2) is 18.2 Å². The molecule has 3 N–H and O–H groups in total. The van der Waals surface area contributed by atoms with Crippen molar-refractivity contribution in [2.75, 3.05) is 26.2 Å². The SMILES string of the molecule is CC(C)CCNC(=O)COC(=O)CNC(=O)CNC(=O)c1ccc(Cl)cc1Cl. The van der Waals surface area contributed by atoms with Gasteiger partial charge in [0.25, 0.3) is 11.8 Å². The van der Waals surface area contributed by atoms with Crippen molar-refractivity contribution in [3.8, 4) is 0 Å². The van der Waals surface area contributed by atoms with E-state index in [1.165, 1.54) is 18.2 Å². The molecule has 0 spiro atoms. The van der Waals surface area contributed by atoms with E-state index in [0.717, 1.165) is 6.42 Å². The molecule has 0 radical (unpaired) electrons. The Balaban J connectivity index is 2.24. The molecule has 1 aromatic carbocycles. The summed E-state index contributed by atoms with van der Waals surface area (Å²) in [6, 6.07) is 4.34. The number of halogens is 2. The van der Waals surface area contributed by atoms with Gasteiger partial charge in [0.1, 0.15) is 6.54 Å². The summed E-state index contributed by atoms with van der Waals surface area (Å²) in [7, 11) is 0. The van der Waals surface area contributed by atoms with Crippen LogP contribution in [0.5, 0.6) is 0 Å². The van der Waals surface area contributed by atoms with Gasteiger partial charge in [-0.25, -0.2) is 0 Å². The number of amides is 3. The maximum absolute atomic E-state index is 12.0. The van der Waals surface area contributed by atoms with Gasteiger partial charge in [0.15, 0.2) is 6.61 Å². The Labute approximate surface area is 173 Å². The molecule has 8 nitrogen and oxygen atoms in total. The van der Waals surface area contributed by atoms with Gasteiger partial charge in [0.2, 0.25) is 5.91 Å². The molecule has 3 amide bonds. The molecule has 28 heavy (non-hydrogen) atoms. The average Bonchev–Trinajstić information content (AvgIpc) is 2.62. The molecule has 0 aromatic heterocycles. The molecular formula is C18H23Cl2N3O5. The van der Waals surface area contributed by atoms with Gasteiger partial charge >= 0.3 is 5.97 Å². The zero-order chi connectivity index (χ0) is 21.1. The first-order valence-corrected chi connectivity index (χ1v) is 9.37. The third-order valence-electron chi connectivity index (χ3n) is 3.42. The van der Waals surface area contributed by atoms with Gasteiger partial charge < -0.3 is 20.7 Å². The number of carbonyl (C=O) groups excluding carboxylic acids is 4. The Kier molecular flexibility index (Phi) is 10.3. The van der Waals surface area contributed by atoms with E-state index in [0.29, 0.717) is 17.5 Å². The van der Waals surface area contributed by atoms with Gasteiger partial charge in [-0.15, -0.1) is 0 Å². The highest BCUT2D eigenvalue weighted by molar-refractivity contribution is 6.36. The van der Waals surface area contributed by atoms with Crippen molar-refractivity contribution in [3.05, 3.63) is 33.8 Å². The fraction of sp³-hybridized carbons (Fsp3) is 0.444. The predicted octanol–water partition coefficient (Wildman–Crippen LogP) is 1.54. The summed E-state index contributed by atoms with van der Waals surface area (Å²) in [6.07, 6.45) is 0.822. The molecular weight excluding hydrogens is 409 g/mol. The first-order valence-electron chi connectivity index (χ1n) is 8.61. The monoisotopic (exact) mass is 431 g/mol. The average molecular weight is 432 g/mol. The summed E-state index contributed by atoms with van der Waals surface area (Å²) in [5.41, 5.74) is 0.168. The standard InChI is InChI=1S/C18H23Cl2N3O5/c1-11(2)5-6-21-16(25)10-28-17(26)9-22-15(24)8-23-18(27)13-4-3-12(19)7-14(13)20/h3-4,7,11H,5-6,8-10H2,1-2H3,(H,21,25)(H,22,24)(H,23,27). The topological polar surface area (TPSA) is 114 Å². The van der Waals surface area contributed by atoms with Crippen molar-refractivity contribution in [2.45, 2.75) is 20.3 Å². The molecule has 0 fully saturated rings. The molecule has 0 saturated heterocycles. The van der Waals surface area contributed by atoms with Crippen molar-refractivity contribution in [1.82, 2.24) is 16.0 Å². The van der Waals surface area contributed by atoms with Gasteiger partial charge in [0.05, 0.1) is 17.1 Å². The van der Waals surface area contributed by atoms with Crippen molar-refractivity contribution in [2.24, 2.45) is 5.92 Å². The Hall–Kier alpha value is -2.32. The van der Waals surface area contributed by atoms with Gasteiger partial charge in [-0.05, 0) is 30.5 Å². The fourth-order valence-electron chi connectivity index (χ4n) is 1.91. The number of hydrogen-bond donors (Lipinski definition) is 3. The lowest BCUT2D eigenvalue weighted by molar-refractivity contribution is -0.148. The molecule has 1 rings (SSSR count). The van der Waals surface area contributed by atoms with Gasteiger partial charge in [0, 0.05) is 11.6 Å². The van der Waals surface area contributed by atoms with Crippen LogP contribution >= 0.6 is 23.2 Å². The summed E-state index contributed by atoms with van der Waals surface area (Å²) in [6.45, 7) is 3.36. The van der Waals surface area contributed by atoms with Crippen LogP contribution in [-0.4, -0.2) is 49.9 Å². The first kappa shape index (κ1) is 23.7. The van der Waals surface area contributed by atoms with E-state index in [2.05, 4.69) is 16.0 Å². The van der Waals surface area contributed by atoms with E-state index in [1.54, 1.807) is 0 Å². The number of benzene rings is 1. The van der Waals surface area contributed by atoms with Crippen LogP contribution in [0.3, 0.4) is 0 Å². The van der Waals surface area contributed by atoms with Crippen LogP contribution in [-0.2, 0) is 19.1 Å². The van der Waals surface area contributed by atoms with Crippen LogP contribution in [0.1, 0.15) is 30.6 Å². The zero-order valence-electron chi connectivity index (χ0n) is 15.6. The van der Waals surface area contributed by atoms with E-state index in [-0.39, 0.29) is 17.1 Å². The molecule has 154 valence electrons. The highest BCUT2D eigenvalue weighted by Gasteiger charge is 2.13. The molecule has 0 atom stereocenters. The van der Waals surface area contributed by atoms with Crippen LogP contribution < -0.4 is 16.0 Å². The third kappa shape index (κ3) is 9.57. The van der Waals surface area contributed by atoms with Crippen molar-refractivity contribution in [1.29, 1.82) is 0 Å². The minimum absolute atomic E-state index is 0.153. The van der Waals surface area contributed by atoms with E-state index in [1.807, 2.05) is 13.8 Å². The second-order valence-corrected chi connectivity index (χ2v) is 7.12. The maximum atomic E-state index is 12.0. The van der Waals surface area contributed by atoms with E-state index in [9.17, 15) is 19.2 Å². The largest absolute Gasteiger partial charge is 0.454 e. The van der Waals surface area contributed by atoms with Crippen LogP contribution in [0, 0.1) is 5.92 Å². The van der Waals surface area contributed by atoms with Crippen LogP contribution in [0.2, 0.25) is 10.0 Å². The lowest BCUT2D eigenvalue weighted by atomic mass is 10.1. The van der Waals surface area contributed by atoms with E-state index < -0.39 is 36.8 Å². The molecule has 0 bridgehead atoms. The Morgan fingerprint density at radius 3 is 2.36 bits per heavy atom. The Bertz CT molecular complexity index is 725. The van der Waals surface area contributed by atoms with E-state index in [4.69, 9.17) is 27.9 Å². The van der Waals surface area contributed by atoms with Crippen LogP contribution in [0.4, 0.5) is 0 Å². The van der Waals surface area contributed by atoms with E-state index >= 15 is 0 Å². The molecule has 10 heteroatoms. The number of ether oxygens (including phenoxy) is 1. The quantitative estimate of drug-likeness (QED) is 0.486. The lowest BCUT2D eigenvalue weighted by Crippen LogP contribution is -2.40. The molecule has 0 unspecified atom stereocenters. The fourth-order valence-corrected chi connectivity index (χ4v) is 2.41. The molecule has 0 aliphatic rings. The Morgan fingerprint density at radius 1 is 1.00 bits per heavy atom. The summed E-state index contributed by atoms with van der Waals surface area (Å²) in [4.78, 5) is 46.7. The minimum atomic E-state index is -0.764. The van der Waals surface area contributed by atoms with Crippen LogP contribution in [0.25, 0.3) is 0 Å². The number of esters is 1. The Morgan fingerprint density at radius 2 is 1.71 bits per heavy atom. The summed E-state index contributed by atoms with van der Waals surface area (Å²) >= 11 is 11.7. The maximum Gasteiger partial charge on any atom is 0.325 e. The summed E-state index contributed by atoms with van der Waals surface area (Å²) in [5, 5.41) is 7.81. The molecule has 0 aliphatic heterocycles. The highest BCUT2D eigenvalue weighted by atomic mass is 35.5. The second-order valence-electron chi connectivity index (χ2n) is 6.28. The predicted molar refractivity (Wildman–Crippen MR) is 105 cm³/mol. The summed E-state index contributed by atoms with van der Waals surface area (Å²) in [5.74, 6) is -1.88. The van der Waals surface area contributed by atoms with Crippen molar-refractivity contribution in [3.63, 3.8) is 0 Å². The normalized spacial score (nSPS) is 10.3. The van der Waals surface area contributed by atoms with Gasteiger partial charge in [-0.3, -0.25) is 19.2 Å². The molecule has 0 heterocycles. The summed E-state index contributed by atoms with van der Waals surface area (Å²) < 4.78 is 4.75. The number of carbonyl (C=O) groups is 4. The second kappa shape index (κ2) is 12.2. The first-order chi connectivity index (χ1) is 13.2. The molecule has 0 aliphatic carbocycles. The van der Waals surface area contributed by atoms with Crippen molar-refractivity contribution < 1.29 is 23.9 Å². The minimum Gasteiger partial charge on any atom is -0.454 e. The number of nitrogens with one attached hydrogen (secondary N) is 3. The molecule has 1 aromatic rings. The third-order valence-corrected chi connectivity index (χ3v) is 3.97. The highest BCUT2D eigenvalue weighted by Crippen LogP contribution is 2.20. The zero-order valence-corrected chi connectivity index (χ0v) is 17.2. The molecule has 0 saturated carbocycles. The smallest absolute Gasteiger partial charge is 0.325 e. The van der Waals surface area contributed by atoms with Gasteiger partial charge in [-0.1, -0.05) is 37.0 Å². The number of hydrogen-bond acceptors (Lipinski definition) is 5. The number of rotatable bonds is 10. The van der Waals surface area contributed by atoms with Gasteiger partial charge in [-0.2, -0.15) is 0 Å².